The maximum atomic E-state index is 14.1. The molecule has 0 aromatic rings. The molecule has 204 valence electrons. The van der Waals surface area contributed by atoms with Crippen LogP contribution in [0.1, 0.15) is 119 Å². The topological polar surface area (TPSA) is 49.7 Å². The molecule has 0 unspecified atom stereocenters. The molecule has 4 heteroatoms. The molecular weight excluding hydrogens is 439 g/mol. The van der Waals surface area contributed by atoms with Gasteiger partial charge < -0.3 is 14.9 Å². The molecule has 2 N–H and O–H groups in total. The minimum absolute atomic E-state index is 0.0695. The van der Waals surface area contributed by atoms with Gasteiger partial charge in [0.05, 0.1) is 24.4 Å². The molecule has 0 aliphatic heterocycles. The number of fused-ring (bicyclic) bond motifs is 5. The molecule has 3 nitrogen and oxygen atoms in total. The maximum Gasteiger partial charge on any atom is 0.128 e. The van der Waals surface area contributed by atoms with E-state index in [9.17, 15) is 14.6 Å². The van der Waals surface area contributed by atoms with Crippen molar-refractivity contribution in [3.8, 4) is 0 Å². The van der Waals surface area contributed by atoms with Gasteiger partial charge in [-0.1, -0.05) is 33.6 Å². The Hall–Kier alpha value is -0.190. The average Bonchev–Trinajstić information content (AvgIpc) is 3.09. The van der Waals surface area contributed by atoms with E-state index in [0.717, 1.165) is 55.8 Å². The molecule has 0 amide bonds. The Kier molecular flexibility index (Phi) is 7.83. The van der Waals surface area contributed by atoms with Gasteiger partial charge in [-0.15, -0.1) is 0 Å². The molecule has 10 atom stereocenters. The third-order valence-electron chi connectivity index (χ3n) is 11.6. The Morgan fingerprint density at radius 2 is 1.54 bits per heavy atom. The van der Waals surface area contributed by atoms with E-state index < -0.39 is 17.4 Å². The van der Waals surface area contributed by atoms with Crippen LogP contribution in [0.25, 0.3) is 0 Å². The lowest BCUT2D eigenvalue weighted by molar-refractivity contribution is -0.190. The minimum Gasteiger partial charge on any atom is -0.390 e. The lowest BCUT2D eigenvalue weighted by Crippen LogP contribution is -2.59. The van der Waals surface area contributed by atoms with E-state index in [2.05, 4.69) is 20.8 Å². The van der Waals surface area contributed by atoms with Crippen molar-refractivity contribution >= 4 is 0 Å². The van der Waals surface area contributed by atoms with Crippen molar-refractivity contribution in [1.82, 2.24) is 0 Å². The highest BCUT2D eigenvalue weighted by molar-refractivity contribution is 5.11. The molecule has 35 heavy (non-hydrogen) atoms. The first-order chi connectivity index (χ1) is 16.2. The average molecular weight is 495 g/mol. The lowest BCUT2D eigenvalue weighted by atomic mass is 9.44. The molecule has 0 radical (unpaired) electrons. The molecule has 0 bridgehead atoms. The fourth-order valence-electron chi connectivity index (χ4n) is 9.82. The standard InChI is InChI=1S/C31H55FO3/c1-20(9-8-16-29(4,5)34)22-12-13-23-21-10-11-25-27(33)26(35-19-28(2,3)32)15-18-31(25,7)24(21)14-17-30(22,23)6/h20-27,33-34H,8-19H2,1-7H3/t20-,21+,22-,23+,24+,25+,26+,27-,30-,31-/m1/s1. The molecule has 4 fully saturated rings. The predicted molar refractivity (Wildman–Crippen MR) is 141 cm³/mol. The van der Waals surface area contributed by atoms with Gasteiger partial charge in [0, 0.05) is 0 Å². The first kappa shape index (κ1) is 27.8. The van der Waals surface area contributed by atoms with Crippen LogP contribution in [0.2, 0.25) is 0 Å². The summed E-state index contributed by atoms with van der Waals surface area (Å²) in [6.45, 7) is 14.6. The second-order valence-electron chi connectivity index (χ2n) is 15.1. The van der Waals surface area contributed by atoms with Crippen molar-refractivity contribution in [2.75, 3.05) is 6.61 Å². The van der Waals surface area contributed by atoms with Crippen LogP contribution in [-0.2, 0) is 4.74 Å². The molecule has 0 aromatic carbocycles. The fraction of sp³-hybridized carbons (Fsp3) is 1.00. The summed E-state index contributed by atoms with van der Waals surface area (Å²) in [5, 5.41) is 21.5. The quantitative estimate of drug-likeness (QED) is 0.371. The Labute approximate surface area is 215 Å². The van der Waals surface area contributed by atoms with E-state index in [4.69, 9.17) is 4.74 Å². The largest absolute Gasteiger partial charge is 0.390 e. The van der Waals surface area contributed by atoms with Crippen LogP contribution in [-0.4, -0.2) is 40.3 Å². The lowest BCUT2D eigenvalue weighted by Gasteiger charge is -2.62. The molecule has 0 heterocycles. The van der Waals surface area contributed by atoms with Crippen LogP contribution in [0.3, 0.4) is 0 Å². The van der Waals surface area contributed by atoms with E-state index in [-0.39, 0.29) is 24.0 Å². The zero-order valence-corrected chi connectivity index (χ0v) is 23.8. The van der Waals surface area contributed by atoms with Crippen LogP contribution < -0.4 is 0 Å². The van der Waals surface area contributed by atoms with Gasteiger partial charge >= 0.3 is 0 Å². The summed E-state index contributed by atoms with van der Waals surface area (Å²) in [7, 11) is 0. The first-order valence-corrected chi connectivity index (χ1v) is 14.9. The van der Waals surface area contributed by atoms with E-state index in [1.807, 2.05) is 13.8 Å². The summed E-state index contributed by atoms with van der Waals surface area (Å²) >= 11 is 0. The summed E-state index contributed by atoms with van der Waals surface area (Å²) < 4.78 is 20.0. The smallest absolute Gasteiger partial charge is 0.128 e. The van der Waals surface area contributed by atoms with E-state index in [1.165, 1.54) is 38.5 Å². The molecular formula is C31H55FO3. The van der Waals surface area contributed by atoms with Gasteiger partial charge in [0.1, 0.15) is 5.67 Å². The van der Waals surface area contributed by atoms with Crippen LogP contribution >= 0.6 is 0 Å². The number of rotatable bonds is 8. The van der Waals surface area contributed by atoms with Gasteiger partial charge in [0.15, 0.2) is 0 Å². The fourth-order valence-corrected chi connectivity index (χ4v) is 9.82. The number of halogens is 1. The number of aliphatic hydroxyl groups excluding tert-OH is 1. The van der Waals surface area contributed by atoms with Crippen molar-refractivity contribution in [2.24, 2.45) is 46.3 Å². The predicted octanol–water partition coefficient (Wildman–Crippen LogP) is 7.33. The number of hydrogen-bond donors (Lipinski definition) is 2. The van der Waals surface area contributed by atoms with Crippen molar-refractivity contribution in [1.29, 1.82) is 0 Å². The van der Waals surface area contributed by atoms with E-state index in [0.29, 0.717) is 11.3 Å². The molecule has 0 aromatic heterocycles. The molecule has 4 aliphatic carbocycles. The Morgan fingerprint density at radius 1 is 0.914 bits per heavy atom. The molecule has 4 aliphatic rings. The van der Waals surface area contributed by atoms with Crippen molar-refractivity contribution in [2.45, 2.75) is 143 Å². The second kappa shape index (κ2) is 9.84. The van der Waals surface area contributed by atoms with Crippen LogP contribution in [0.4, 0.5) is 4.39 Å². The highest BCUT2D eigenvalue weighted by Crippen LogP contribution is 2.68. The third-order valence-corrected chi connectivity index (χ3v) is 11.6. The van der Waals surface area contributed by atoms with Crippen molar-refractivity contribution in [3.63, 3.8) is 0 Å². The molecule has 0 spiro atoms. The molecule has 4 saturated carbocycles. The zero-order valence-electron chi connectivity index (χ0n) is 23.8. The van der Waals surface area contributed by atoms with Gasteiger partial charge in [-0.3, -0.25) is 0 Å². The highest BCUT2D eigenvalue weighted by atomic mass is 19.1. The summed E-state index contributed by atoms with van der Waals surface area (Å²) in [6, 6.07) is 0. The maximum absolute atomic E-state index is 14.1. The van der Waals surface area contributed by atoms with Gasteiger partial charge in [-0.25, -0.2) is 4.39 Å². The summed E-state index contributed by atoms with van der Waals surface area (Å²) in [5.41, 5.74) is -1.27. The van der Waals surface area contributed by atoms with Gasteiger partial charge in [0.25, 0.3) is 0 Å². The number of aliphatic hydroxyl groups is 2. The SMILES string of the molecule is C[C@H](CCCC(C)(C)O)[C@H]1CC[C@H]2[C@@H]3CC[C@H]4[C@@H](O)[C@@H](OCC(C)(C)F)CC[C@]4(C)[C@H]3CC[C@]12C. The monoisotopic (exact) mass is 494 g/mol. The number of alkyl halides is 1. The normalized spacial score (nSPS) is 44.9. The van der Waals surface area contributed by atoms with Crippen LogP contribution in [0, 0.1) is 46.3 Å². The second-order valence-corrected chi connectivity index (χ2v) is 15.1. The van der Waals surface area contributed by atoms with Crippen LogP contribution in [0.15, 0.2) is 0 Å². The van der Waals surface area contributed by atoms with Crippen molar-refractivity contribution < 1.29 is 19.3 Å². The molecule has 0 saturated heterocycles. The zero-order chi connectivity index (χ0) is 25.8. The number of hydrogen-bond acceptors (Lipinski definition) is 3. The summed E-state index contributed by atoms with van der Waals surface area (Å²) in [6.07, 6.45) is 12.2. The first-order valence-electron chi connectivity index (χ1n) is 14.9. The van der Waals surface area contributed by atoms with E-state index >= 15 is 0 Å². The van der Waals surface area contributed by atoms with Crippen LogP contribution in [0.5, 0.6) is 0 Å². The molecule has 4 rings (SSSR count). The van der Waals surface area contributed by atoms with Gasteiger partial charge in [-0.05, 0) is 132 Å². The van der Waals surface area contributed by atoms with Crippen molar-refractivity contribution in [3.05, 3.63) is 0 Å². The summed E-state index contributed by atoms with van der Waals surface area (Å²) in [5.74, 6) is 4.13. The highest BCUT2D eigenvalue weighted by Gasteiger charge is 2.62. The van der Waals surface area contributed by atoms with Gasteiger partial charge in [0.2, 0.25) is 0 Å². The van der Waals surface area contributed by atoms with E-state index in [1.54, 1.807) is 13.8 Å². The van der Waals surface area contributed by atoms with Gasteiger partial charge in [-0.2, -0.15) is 0 Å². The number of ether oxygens (including phenoxy) is 1. The summed E-state index contributed by atoms with van der Waals surface area (Å²) in [4.78, 5) is 0. The minimum atomic E-state index is -1.35. The Bertz CT molecular complexity index is 726. The third kappa shape index (κ3) is 5.51. The Balaban J connectivity index is 1.42. The Morgan fingerprint density at radius 3 is 2.20 bits per heavy atom.